The highest BCUT2D eigenvalue weighted by atomic mass is 35.5. The molecule has 4 nitrogen and oxygen atoms in total. The zero-order valence-corrected chi connectivity index (χ0v) is 15.8. The van der Waals surface area contributed by atoms with Crippen LogP contribution in [0.4, 0.5) is 24.7 Å². The normalized spacial score (nSPS) is 11.5. The molecule has 0 unspecified atom stereocenters. The van der Waals surface area contributed by atoms with E-state index in [1.54, 1.807) is 30.3 Å². The molecule has 0 bridgehead atoms. The number of nitrogens with zero attached hydrogens (tertiary/aromatic N) is 3. The predicted molar refractivity (Wildman–Crippen MR) is 104 cm³/mol. The maximum absolute atomic E-state index is 13.5. The van der Waals surface area contributed by atoms with Crippen molar-refractivity contribution in [2.24, 2.45) is 0 Å². The summed E-state index contributed by atoms with van der Waals surface area (Å²) >= 11 is 5.88. The zero-order valence-electron chi connectivity index (χ0n) is 15.1. The SMILES string of the molecule is CCCCc1ccc(Nc2nc(-c3ccccn3)nc(Cl)c2C(F)(F)F)cc1. The van der Waals surface area contributed by atoms with Crippen LogP contribution in [0, 0.1) is 0 Å². The number of benzene rings is 1. The Morgan fingerprint density at radius 1 is 1.04 bits per heavy atom. The number of hydrogen-bond donors (Lipinski definition) is 1. The second-order valence-electron chi connectivity index (χ2n) is 6.20. The van der Waals surface area contributed by atoms with Gasteiger partial charge in [-0.1, -0.05) is 43.1 Å². The van der Waals surface area contributed by atoms with Gasteiger partial charge in [0.15, 0.2) is 5.82 Å². The molecule has 1 N–H and O–H groups in total. The molecule has 0 aliphatic carbocycles. The predicted octanol–water partition coefficient (Wildman–Crippen LogP) is 6.30. The van der Waals surface area contributed by atoms with Crippen molar-refractivity contribution in [2.45, 2.75) is 32.4 Å². The van der Waals surface area contributed by atoms with E-state index in [0.717, 1.165) is 24.8 Å². The van der Waals surface area contributed by atoms with Crippen molar-refractivity contribution in [3.8, 4) is 11.5 Å². The Kier molecular flexibility index (Phi) is 6.14. The van der Waals surface area contributed by atoms with E-state index in [1.165, 1.54) is 6.20 Å². The van der Waals surface area contributed by atoms with E-state index in [9.17, 15) is 13.2 Å². The molecule has 1 aromatic carbocycles. The molecule has 2 heterocycles. The molecule has 0 fully saturated rings. The van der Waals surface area contributed by atoms with Gasteiger partial charge in [-0.05, 0) is 42.7 Å². The van der Waals surface area contributed by atoms with Crippen molar-refractivity contribution >= 4 is 23.1 Å². The summed E-state index contributed by atoms with van der Waals surface area (Å²) in [5.74, 6) is -0.393. The summed E-state index contributed by atoms with van der Waals surface area (Å²) in [5.41, 5.74) is 0.825. The van der Waals surface area contributed by atoms with Crippen LogP contribution in [0.2, 0.25) is 5.15 Å². The standard InChI is InChI=1S/C20H18ClF3N4/c1-2-3-6-13-8-10-14(11-9-13)26-19-16(20(22,23)24)17(21)27-18(28-19)15-7-4-5-12-25-15/h4-5,7-12H,2-3,6H2,1H3,(H,26,27,28). The molecule has 0 aliphatic heterocycles. The molecule has 0 saturated heterocycles. The quantitative estimate of drug-likeness (QED) is 0.488. The van der Waals surface area contributed by atoms with Gasteiger partial charge in [0.1, 0.15) is 22.2 Å². The van der Waals surface area contributed by atoms with Crippen molar-refractivity contribution < 1.29 is 13.2 Å². The van der Waals surface area contributed by atoms with Crippen molar-refractivity contribution in [3.05, 3.63) is 64.9 Å². The van der Waals surface area contributed by atoms with Crippen molar-refractivity contribution in [3.63, 3.8) is 0 Å². The number of aromatic nitrogens is 3. The van der Waals surface area contributed by atoms with Crippen LogP contribution in [-0.2, 0) is 12.6 Å². The van der Waals surface area contributed by atoms with E-state index in [4.69, 9.17) is 11.6 Å². The number of pyridine rings is 1. The fourth-order valence-corrected chi connectivity index (χ4v) is 2.93. The van der Waals surface area contributed by atoms with E-state index in [1.807, 2.05) is 12.1 Å². The fourth-order valence-electron chi connectivity index (χ4n) is 2.66. The number of halogens is 4. The lowest BCUT2D eigenvalue weighted by molar-refractivity contribution is -0.137. The first-order valence-electron chi connectivity index (χ1n) is 8.80. The summed E-state index contributed by atoms with van der Waals surface area (Å²) in [6.45, 7) is 2.10. The monoisotopic (exact) mass is 406 g/mol. The van der Waals surface area contributed by atoms with Gasteiger partial charge in [0.05, 0.1) is 0 Å². The lowest BCUT2D eigenvalue weighted by Gasteiger charge is -2.16. The van der Waals surface area contributed by atoms with E-state index < -0.39 is 22.7 Å². The van der Waals surface area contributed by atoms with Gasteiger partial charge in [0, 0.05) is 11.9 Å². The third-order valence-corrected chi connectivity index (χ3v) is 4.35. The Balaban J connectivity index is 1.99. The molecule has 2 aromatic heterocycles. The molecule has 146 valence electrons. The number of rotatable bonds is 6. The minimum absolute atomic E-state index is 0.0145. The van der Waals surface area contributed by atoms with Gasteiger partial charge in [-0.25, -0.2) is 9.97 Å². The Morgan fingerprint density at radius 2 is 1.79 bits per heavy atom. The number of unbranched alkanes of at least 4 members (excludes halogenated alkanes) is 1. The Labute approximate surface area is 165 Å². The minimum Gasteiger partial charge on any atom is -0.340 e. The van der Waals surface area contributed by atoms with Crippen LogP contribution in [0.1, 0.15) is 30.9 Å². The van der Waals surface area contributed by atoms with Gasteiger partial charge >= 0.3 is 6.18 Å². The number of alkyl halides is 3. The van der Waals surface area contributed by atoms with Gasteiger partial charge < -0.3 is 5.32 Å². The maximum Gasteiger partial charge on any atom is 0.422 e. The smallest absolute Gasteiger partial charge is 0.340 e. The summed E-state index contributed by atoms with van der Waals surface area (Å²) in [4.78, 5) is 11.9. The van der Waals surface area contributed by atoms with Crippen LogP contribution in [-0.4, -0.2) is 15.0 Å². The Bertz CT molecular complexity index is 929. The summed E-state index contributed by atoms with van der Waals surface area (Å²) in [5, 5.41) is 2.05. The molecule has 0 spiro atoms. The van der Waals surface area contributed by atoms with Crippen LogP contribution in [0.5, 0.6) is 0 Å². The van der Waals surface area contributed by atoms with Gasteiger partial charge in [-0.15, -0.1) is 0 Å². The molecule has 3 rings (SSSR count). The molecule has 0 atom stereocenters. The van der Waals surface area contributed by atoms with Crippen LogP contribution < -0.4 is 5.32 Å². The maximum atomic E-state index is 13.5. The first-order valence-corrected chi connectivity index (χ1v) is 9.18. The molecule has 0 radical (unpaired) electrons. The molecular formula is C20H18ClF3N4. The Morgan fingerprint density at radius 3 is 2.39 bits per heavy atom. The summed E-state index contributed by atoms with van der Waals surface area (Å²) < 4.78 is 40.6. The molecule has 3 aromatic rings. The van der Waals surface area contributed by atoms with Crippen molar-refractivity contribution in [1.29, 1.82) is 0 Å². The molecule has 0 amide bonds. The fraction of sp³-hybridized carbons (Fsp3) is 0.250. The highest BCUT2D eigenvalue weighted by Crippen LogP contribution is 2.40. The number of hydrogen-bond acceptors (Lipinski definition) is 4. The van der Waals surface area contributed by atoms with E-state index in [2.05, 4.69) is 27.2 Å². The van der Waals surface area contributed by atoms with Gasteiger partial charge in [0.2, 0.25) is 0 Å². The van der Waals surface area contributed by atoms with Gasteiger partial charge in [-0.3, -0.25) is 4.98 Å². The third kappa shape index (κ3) is 4.78. The topological polar surface area (TPSA) is 50.7 Å². The summed E-state index contributed by atoms with van der Waals surface area (Å²) in [7, 11) is 0. The second-order valence-corrected chi connectivity index (χ2v) is 6.56. The average molecular weight is 407 g/mol. The van der Waals surface area contributed by atoms with Crippen LogP contribution in [0.3, 0.4) is 0 Å². The molecule has 0 aliphatic rings. The first kappa shape index (κ1) is 20.1. The second kappa shape index (κ2) is 8.56. The van der Waals surface area contributed by atoms with Gasteiger partial charge in [-0.2, -0.15) is 13.2 Å². The lowest BCUT2D eigenvalue weighted by atomic mass is 10.1. The van der Waals surface area contributed by atoms with E-state index >= 15 is 0 Å². The van der Waals surface area contributed by atoms with Crippen molar-refractivity contribution in [1.82, 2.24) is 15.0 Å². The Hall–Kier alpha value is -2.67. The largest absolute Gasteiger partial charge is 0.422 e. The molecule has 28 heavy (non-hydrogen) atoms. The highest BCUT2D eigenvalue weighted by molar-refractivity contribution is 6.30. The van der Waals surface area contributed by atoms with Crippen LogP contribution in [0.25, 0.3) is 11.5 Å². The summed E-state index contributed by atoms with van der Waals surface area (Å²) in [6.07, 6.45) is -0.145. The zero-order chi connectivity index (χ0) is 20.1. The molecule has 0 saturated carbocycles. The third-order valence-electron chi connectivity index (χ3n) is 4.08. The molecular weight excluding hydrogens is 389 g/mol. The average Bonchev–Trinajstić information content (AvgIpc) is 2.66. The van der Waals surface area contributed by atoms with E-state index in [-0.39, 0.29) is 5.82 Å². The van der Waals surface area contributed by atoms with Crippen molar-refractivity contribution in [2.75, 3.05) is 5.32 Å². The minimum atomic E-state index is -4.71. The number of aryl methyl sites for hydroxylation is 1. The van der Waals surface area contributed by atoms with Crippen LogP contribution in [0.15, 0.2) is 48.7 Å². The molecule has 8 heteroatoms. The van der Waals surface area contributed by atoms with Crippen LogP contribution >= 0.6 is 11.6 Å². The first-order chi connectivity index (χ1) is 13.4. The lowest BCUT2D eigenvalue weighted by Crippen LogP contribution is -2.13. The number of nitrogens with one attached hydrogen (secondary N) is 1. The highest BCUT2D eigenvalue weighted by Gasteiger charge is 2.38. The van der Waals surface area contributed by atoms with Gasteiger partial charge in [0.25, 0.3) is 0 Å². The summed E-state index contributed by atoms with van der Waals surface area (Å²) in [6, 6.07) is 12.2. The van der Waals surface area contributed by atoms with E-state index in [0.29, 0.717) is 11.4 Å². The number of anilines is 2.